The van der Waals surface area contributed by atoms with Gasteiger partial charge < -0.3 is 4.90 Å². The minimum atomic E-state index is 0.587. The van der Waals surface area contributed by atoms with Gasteiger partial charge in [-0.1, -0.05) is 71.7 Å². The van der Waals surface area contributed by atoms with Crippen LogP contribution < -0.4 is 4.90 Å². The lowest BCUT2D eigenvalue weighted by Crippen LogP contribution is -2.20. The highest BCUT2D eigenvalue weighted by Crippen LogP contribution is 2.30. The van der Waals surface area contributed by atoms with E-state index >= 15 is 0 Å². The fourth-order valence-corrected chi connectivity index (χ4v) is 4.70. The maximum Gasteiger partial charge on any atom is 0.0668 e. The average molecular weight is 453 g/mol. The Kier molecular flexibility index (Phi) is 6.83. The monoisotopic (exact) mass is 452 g/mol. The van der Waals surface area contributed by atoms with Crippen LogP contribution in [0.15, 0.2) is 82.7 Å². The van der Waals surface area contributed by atoms with Crippen molar-refractivity contribution in [3.63, 3.8) is 0 Å². The molecule has 1 aliphatic rings. The first-order chi connectivity index (χ1) is 14.6. The van der Waals surface area contributed by atoms with Gasteiger partial charge in [-0.05, 0) is 41.5 Å². The molecule has 3 aromatic carbocycles. The Hall–Kier alpha value is -2.20. The van der Waals surface area contributed by atoms with Gasteiger partial charge >= 0.3 is 0 Å². The van der Waals surface area contributed by atoms with Gasteiger partial charge in [0.1, 0.15) is 0 Å². The van der Waals surface area contributed by atoms with E-state index in [1.54, 1.807) is 11.8 Å². The summed E-state index contributed by atoms with van der Waals surface area (Å²) in [6.45, 7) is 1.71. The van der Waals surface area contributed by atoms with Crippen LogP contribution >= 0.6 is 35.0 Å². The summed E-state index contributed by atoms with van der Waals surface area (Å²) in [7, 11) is 2.12. The van der Waals surface area contributed by atoms with Gasteiger partial charge in [0.15, 0.2) is 0 Å². The molecular formula is C25H22Cl2N2S. The lowest BCUT2D eigenvalue weighted by Gasteiger charge is -2.18. The first-order valence-electron chi connectivity index (χ1n) is 9.80. The number of rotatable bonds is 5. The van der Waals surface area contributed by atoms with Crippen LogP contribution in [0.4, 0.5) is 5.69 Å². The number of benzodiazepines with no additional fused rings is 1. The zero-order valence-corrected chi connectivity index (χ0v) is 19.0. The maximum atomic E-state index is 6.16. The summed E-state index contributed by atoms with van der Waals surface area (Å²) < 4.78 is 0. The van der Waals surface area contributed by atoms with Crippen molar-refractivity contribution < 1.29 is 0 Å². The maximum absolute atomic E-state index is 6.16. The molecule has 1 heterocycles. The molecule has 30 heavy (non-hydrogen) atoms. The highest BCUT2D eigenvalue weighted by atomic mass is 35.5. The van der Waals surface area contributed by atoms with E-state index in [4.69, 9.17) is 28.2 Å². The molecule has 0 atom stereocenters. The summed E-state index contributed by atoms with van der Waals surface area (Å²) in [5.74, 6) is 0.830. The number of fused-ring (bicyclic) bond motifs is 1. The van der Waals surface area contributed by atoms with Crippen molar-refractivity contribution in [1.29, 1.82) is 0 Å². The van der Waals surface area contributed by atoms with Crippen LogP contribution in [-0.2, 0) is 5.75 Å². The number of likely N-dealkylation sites (N-methyl/N-ethyl adjacent to an activating group) is 1. The highest BCUT2D eigenvalue weighted by molar-refractivity contribution is 7.98. The van der Waals surface area contributed by atoms with Gasteiger partial charge in [-0.15, -0.1) is 11.8 Å². The lowest BCUT2D eigenvalue weighted by atomic mass is 10.1. The number of nitrogens with zero attached hydrogens (tertiary/aromatic N) is 2. The molecule has 0 amide bonds. The van der Waals surface area contributed by atoms with E-state index in [2.05, 4.69) is 72.6 Å². The Labute approximate surface area is 192 Å². The zero-order chi connectivity index (χ0) is 20.9. The fraction of sp³-hybridized carbons (Fsp3) is 0.160. The number of thioether (sulfide) groups is 1. The average Bonchev–Trinajstić information content (AvgIpc) is 2.92. The van der Waals surface area contributed by atoms with Crippen molar-refractivity contribution in [1.82, 2.24) is 0 Å². The Bertz CT molecular complexity index is 1110. The van der Waals surface area contributed by atoms with Gasteiger partial charge in [0, 0.05) is 35.5 Å². The van der Waals surface area contributed by atoms with E-state index in [0.29, 0.717) is 10.0 Å². The normalized spacial score (nSPS) is 13.8. The van der Waals surface area contributed by atoms with E-state index in [1.807, 2.05) is 18.2 Å². The summed E-state index contributed by atoms with van der Waals surface area (Å²) >= 11 is 14.0. The lowest BCUT2D eigenvalue weighted by molar-refractivity contribution is 0.897. The van der Waals surface area contributed by atoms with E-state index in [-0.39, 0.29) is 0 Å². The van der Waals surface area contributed by atoms with Crippen LogP contribution in [0.1, 0.15) is 16.7 Å². The van der Waals surface area contributed by atoms with Crippen LogP contribution in [0.5, 0.6) is 0 Å². The van der Waals surface area contributed by atoms with Crippen LogP contribution in [0.2, 0.25) is 10.0 Å². The van der Waals surface area contributed by atoms with E-state index < -0.39 is 0 Å². The Balaban J connectivity index is 1.55. The molecule has 3 aromatic rings. The van der Waals surface area contributed by atoms with Crippen molar-refractivity contribution in [2.24, 2.45) is 4.99 Å². The van der Waals surface area contributed by atoms with Crippen molar-refractivity contribution in [2.45, 2.75) is 10.6 Å². The molecule has 0 aliphatic carbocycles. The van der Waals surface area contributed by atoms with E-state index in [1.165, 1.54) is 21.7 Å². The summed E-state index contributed by atoms with van der Waals surface area (Å²) in [5.41, 5.74) is 5.76. The van der Waals surface area contributed by atoms with Gasteiger partial charge in [0.05, 0.1) is 22.3 Å². The largest absolute Gasteiger partial charge is 0.372 e. The van der Waals surface area contributed by atoms with Crippen LogP contribution in [-0.4, -0.2) is 25.8 Å². The second kappa shape index (κ2) is 9.74. The topological polar surface area (TPSA) is 15.6 Å². The number of benzene rings is 3. The molecule has 0 N–H and O–H groups in total. The van der Waals surface area contributed by atoms with E-state index in [9.17, 15) is 0 Å². The van der Waals surface area contributed by atoms with E-state index in [0.717, 1.165) is 30.1 Å². The molecular weight excluding hydrogens is 431 g/mol. The first kappa shape index (κ1) is 21.0. The molecule has 0 aromatic heterocycles. The Morgan fingerprint density at radius 3 is 2.63 bits per heavy atom. The third-order valence-electron chi connectivity index (χ3n) is 5.03. The molecule has 0 saturated heterocycles. The van der Waals surface area contributed by atoms with Crippen LogP contribution in [0.3, 0.4) is 0 Å². The number of halogens is 2. The molecule has 5 heteroatoms. The van der Waals surface area contributed by atoms with Crippen molar-refractivity contribution in [3.8, 4) is 0 Å². The van der Waals surface area contributed by atoms with Crippen molar-refractivity contribution >= 4 is 52.4 Å². The highest BCUT2D eigenvalue weighted by Gasteiger charge is 2.13. The van der Waals surface area contributed by atoms with Gasteiger partial charge in [-0.3, -0.25) is 4.99 Å². The molecule has 0 unspecified atom stereocenters. The molecule has 0 fully saturated rings. The first-order valence-corrected chi connectivity index (χ1v) is 11.5. The second-order valence-corrected chi connectivity index (χ2v) is 8.95. The molecule has 152 valence electrons. The fourth-order valence-electron chi connectivity index (χ4n) is 3.40. The summed E-state index contributed by atoms with van der Waals surface area (Å²) in [5, 5.41) is 1.18. The number of anilines is 1. The van der Waals surface area contributed by atoms with Crippen LogP contribution in [0.25, 0.3) is 6.08 Å². The smallest absolute Gasteiger partial charge is 0.0668 e. The SMILES string of the molecule is CN1CCN=C(C=Cc2ccccc2SCc2ccc(Cl)c(Cl)c2)c2ccccc21. The van der Waals surface area contributed by atoms with Gasteiger partial charge in [-0.2, -0.15) is 0 Å². The molecule has 0 saturated carbocycles. The third kappa shape index (κ3) is 4.92. The van der Waals surface area contributed by atoms with Crippen LogP contribution in [0, 0.1) is 0 Å². The molecule has 0 radical (unpaired) electrons. The van der Waals surface area contributed by atoms with Gasteiger partial charge in [0.2, 0.25) is 0 Å². The number of hydrogen-bond acceptors (Lipinski definition) is 3. The quantitative estimate of drug-likeness (QED) is 0.379. The minimum absolute atomic E-state index is 0.587. The summed E-state index contributed by atoms with van der Waals surface area (Å²) in [4.78, 5) is 8.31. The number of para-hydroxylation sites is 1. The Morgan fingerprint density at radius 1 is 0.967 bits per heavy atom. The summed E-state index contributed by atoms with van der Waals surface area (Å²) in [6, 6.07) is 22.7. The van der Waals surface area contributed by atoms with Gasteiger partial charge in [0.25, 0.3) is 0 Å². The molecule has 0 bridgehead atoms. The summed E-state index contributed by atoms with van der Waals surface area (Å²) in [6.07, 6.45) is 4.30. The third-order valence-corrected chi connectivity index (χ3v) is 6.93. The molecule has 0 spiro atoms. The number of aliphatic imine (C=N–C) groups is 1. The zero-order valence-electron chi connectivity index (χ0n) is 16.7. The molecule has 2 nitrogen and oxygen atoms in total. The predicted molar refractivity (Wildman–Crippen MR) is 133 cm³/mol. The van der Waals surface area contributed by atoms with Crippen molar-refractivity contribution in [3.05, 3.63) is 99.5 Å². The second-order valence-electron chi connectivity index (χ2n) is 7.11. The number of allylic oxidation sites excluding steroid dienone is 1. The molecule has 4 rings (SSSR count). The van der Waals surface area contributed by atoms with Gasteiger partial charge in [-0.25, -0.2) is 0 Å². The standard InChI is InChI=1S/C25H22Cl2N2S/c1-29-15-14-28-23(20-7-3-4-8-24(20)29)13-11-19-6-2-5-9-25(19)30-17-18-10-12-21(26)22(27)16-18/h2-13,16H,14-15,17H2,1H3. The van der Waals surface area contributed by atoms with Crippen molar-refractivity contribution in [2.75, 3.05) is 25.0 Å². The minimum Gasteiger partial charge on any atom is -0.372 e. The molecule has 1 aliphatic heterocycles. The number of hydrogen-bond donors (Lipinski definition) is 0. The predicted octanol–water partition coefficient (Wildman–Crippen LogP) is 7.24. The Morgan fingerprint density at radius 2 is 1.77 bits per heavy atom.